The van der Waals surface area contributed by atoms with Gasteiger partial charge in [-0.25, -0.2) is 31.4 Å². The molecule has 5 N–H and O–H groups in total. The number of aliphatic imine (C=N–C) groups is 1. The summed E-state index contributed by atoms with van der Waals surface area (Å²) < 4.78 is 58.0. The number of hydrogen-bond acceptors (Lipinski definition) is 12. The maximum atomic E-state index is 12.8. The molecule has 19 heteroatoms. The van der Waals surface area contributed by atoms with Crippen LogP contribution in [0.3, 0.4) is 0 Å². The number of sulfone groups is 1. The minimum atomic E-state index is -4.66. The number of aromatic amines is 2. The van der Waals surface area contributed by atoms with Crippen LogP contribution in [0.15, 0.2) is 43.2 Å². The minimum absolute atomic E-state index is 0. The molecule has 1 saturated heterocycles. The Morgan fingerprint density at radius 2 is 1.53 bits per heavy atom. The largest absolute Gasteiger partial charge is 1.00 e. The van der Waals surface area contributed by atoms with Gasteiger partial charge in [0.05, 0.1) is 32.2 Å². The van der Waals surface area contributed by atoms with Gasteiger partial charge in [0.25, 0.3) is 17.4 Å². The van der Waals surface area contributed by atoms with Gasteiger partial charge >= 0.3 is 30.6 Å². The van der Waals surface area contributed by atoms with Crippen molar-refractivity contribution in [1.29, 1.82) is 0 Å². The van der Waals surface area contributed by atoms with Crippen molar-refractivity contribution in [3.63, 3.8) is 0 Å². The molecule has 0 aliphatic carbocycles. The molecule has 1 aromatic carbocycles. The van der Waals surface area contributed by atoms with Crippen LogP contribution in [0, 0.1) is 0 Å². The summed E-state index contributed by atoms with van der Waals surface area (Å²) in [6.07, 6.45) is -0.504. The van der Waals surface area contributed by atoms with Crippen LogP contribution in [0.2, 0.25) is 0 Å². The summed E-state index contributed by atoms with van der Waals surface area (Å²) >= 11 is 0. The third-order valence-corrected chi connectivity index (χ3v) is 7.78. The molecule has 0 spiro atoms. The van der Waals surface area contributed by atoms with Crippen molar-refractivity contribution in [2.45, 2.75) is 11.3 Å². The molecule has 1 aromatic heterocycles. The van der Waals surface area contributed by atoms with Gasteiger partial charge in [0.1, 0.15) is 11.1 Å². The average Bonchev–Trinajstić information content (AvgIpc) is 3.09. The number of nitrogens with one attached hydrogen (secondary N) is 4. The number of carbonyl (C=O) groups is 3. The van der Waals surface area contributed by atoms with E-state index < -0.39 is 94.6 Å². The zero-order valence-electron chi connectivity index (χ0n) is 19.1. The average molecular weight is 559 g/mol. The van der Waals surface area contributed by atoms with E-state index in [9.17, 15) is 50.5 Å². The van der Waals surface area contributed by atoms with E-state index in [2.05, 4.69) is 4.99 Å². The van der Waals surface area contributed by atoms with Crippen LogP contribution in [0.25, 0.3) is 5.70 Å². The maximum Gasteiger partial charge on any atom is 1.00 e. The van der Waals surface area contributed by atoms with Gasteiger partial charge in [0.2, 0.25) is 5.88 Å². The number of rotatable bonds is 6. The van der Waals surface area contributed by atoms with E-state index in [1.165, 1.54) is 0 Å². The first kappa shape index (κ1) is 28.7. The van der Waals surface area contributed by atoms with Crippen LogP contribution in [0.5, 0.6) is 5.88 Å². The molecule has 3 heterocycles. The number of hydrogen-bond donors (Lipinski definition) is 5. The first-order chi connectivity index (χ1) is 17.2. The van der Waals surface area contributed by atoms with Gasteiger partial charge < -0.3 is 9.66 Å². The molecule has 4 amide bonds. The second-order valence-corrected chi connectivity index (χ2v) is 11.3. The fraction of sp³-hybridized carbons (Fsp3) is 0.158. The normalized spacial score (nSPS) is 15.4. The Balaban J connectivity index is 0.00000400. The second-order valence-electron chi connectivity index (χ2n) is 7.69. The molecule has 0 saturated carbocycles. The van der Waals surface area contributed by atoms with Crippen molar-refractivity contribution in [2.75, 3.05) is 11.5 Å². The molecule has 0 unspecified atom stereocenters. The van der Waals surface area contributed by atoms with E-state index in [0.29, 0.717) is 0 Å². The number of barbiturate groups is 1. The zero-order valence-corrected chi connectivity index (χ0v) is 20.8. The number of nitrogens with zero attached hydrogens (tertiary/aromatic N) is 1. The van der Waals surface area contributed by atoms with E-state index in [-0.39, 0.29) is 35.7 Å². The second kappa shape index (κ2) is 10.1. The van der Waals surface area contributed by atoms with Gasteiger partial charge in [-0.15, -0.1) is 0 Å². The number of fused-ring (bicyclic) bond motifs is 1. The topological polar surface area (TPSA) is 265 Å². The fourth-order valence-electron chi connectivity index (χ4n) is 3.65. The standard InChI is InChI=1S/C19H15N5O11S2.Li/c25-14-10(15(26)22-18(29)21-14)12-8-3-2-7(36(31,32)4-1-5-37(33,34)35)6-9(8)13(20-12)11-16(27)23-19(30)24-17(11)28;/h2-3,6H,1,4-5H2,(H,33,34,35)(H2,21,22,25,26,29)(H3,23,24,27,28,30);/q;+1/p-1. The van der Waals surface area contributed by atoms with Crippen LogP contribution < -0.4 is 40.7 Å². The molecule has 0 radical (unpaired) electrons. The van der Waals surface area contributed by atoms with Gasteiger partial charge in [-0.2, -0.15) is 0 Å². The SMILES string of the molecule is O=C1NC(=O)C(=C2N=C(c3c(O)[nH]c(=O)[nH]c3=O)c3cc(S(=O)(=O)CCCS(=O)(=O)[O-])ccc32)C(=O)N1.[Li+]. The van der Waals surface area contributed by atoms with Crippen molar-refractivity contribution in [3.8, 4) is 5.88 Å². The van der Waals surface area contributed by atoms with Gasteiger partial charge in [-0.05, 0) is 18.6 Å². The van der Waals surface area contributed by atoms with E-state index >= 15 is 0 Å². The Bertz CT molecular complexity index is 1780. The Morgan fingerprint density at radius 3 is 2.11 bits per heavy atom. The number of urea groups is 1. The van der Waals surface area contributed by atoms with E-state index in [1.807, 2.05) is 20.6 Å². The van der Waals surface area contributed by atoms with E-state index in [4.69, 9.17) is 0 Å². The predicted octanol–water partition coefficient (Wildman–Crippen LogP) is -5.59. The monoisotopic (exact) mass is 559 g/mol. The number of aromatic hydroxyl groups is 1. The summed E-state index contributed by atoms with van der Waals surface area (Å²) in [5.41, 5.74) is -4.51. The Labute approximate surface area is 224 Å². The van der Waals surface area contributed by atoms with E-state index in [0.717, 1.165) is 18.2 Å². The molecule has 38 heavy (non-hydrogen) atoms. The van der Waals surface area contributed by atoms with Crippen molar-refractivity contribution >= 4 is 49.2 Å². The first-order valence-electron chi connectivity index (χ1n) is 10.0. The van der Waals surface area contributed by atoms with Crippen LogP contribution in [0.4, 0.5) is 4.79 Å². The Hall–Kier alpha value is -3.82. The molecule has 194 valence electrons. The van der Waals surface area contributed by atoms with Gasteiger partial charge in [0.15, 0.2) is 9.84 Å². The van der Waals surface area contributed by atoms with Crippen LogP contribution >= 0.6 is 0 Å². The van der Waals surface area contributed by atoms with Gasteiger partial charge in [0, 0.05) is 16.9 Å². The van der Waals surface area contributed by atoms with Crippen LogP contribution in [-0.4, -0.2) is 71.5 Å². The van der Waals surface area contributed by atoms with E-state index in [1.54, 1.807) is 0 Å². The quantitative estimate of drug-likeness (QED) is 0.0964. The molecule has 2 aromatic rings. The summed E-state index contributed by atoms with van der Waals surface area (Å²) in [5.74, 6) is -4.90. The third-order valence-electron chi connectivity index (χ3n) is 5.20. The van der Waals surface area contributed by atoms with Crippen molar-refractivity contribution in [3.05, 3.63) is 61.3 Å². The third kappa shape index (κ3) is 5.53. The number of imide groups is 2. The number of aromatic nitrogens is 2. The Morgan fingerprint density at radius 1 is 0.895 bits per heavy atom. The fourth-order valence-corrected chi connectivity index (χ4v) is 5.66. The molecule has 4 rings (SSSR count). The summed E-state index contributed by atoms with van der Waals surface area (Å²) in [6, 6.07) is 2.09. The van der Waals surface area contributed by atoms with Crippen LogP contribution in [0.1, 0.15) is 23.1 Å². The molecule has 0 atom stereocenters. The molecule has 2 aliphatic rings. The number of H-pyrrole nitrogens is 2. The smallest absolute Gasteiger partial charge is 0.748 e. The number of benzene rings is 1. The van der Waals surface area contributed by atoms with Crippen molar-refractivity contribution < 1.29 is 59.7 Å². The minimum Gasteiger partial charge on any atom is -0.748 e. The summed E-state index contributed by atoms with van der Waals surface area (Å²) in [5, 5.41) is 13.9. The Kier molecular flexibility index (Phi) is 7.68. The summed E-state index contributed by atoms with van der Waals surface area (Å²) in [6.45, 7) is 0. The first-order valence-corrected chi connectivity index (χ1v) is 13.3. The molecule has 0 bridgehead atoms. The molecule has 1 fully saturated rings. The molecular weight excluding hydrogens is 545 g/mol. The van der Waals surface area contributed by atoms with Crippen molar-refractivity contribution in [2.24, 2.45) is 4.99 Å². The maximum absolute atomic E-state index is 12.8. The molecule has 2 aliphatic heterocycles. The summed E-state index contributed by atoms with van der Waals surface area (Å²) in [4.78, 5) is 67.7. The predicted molar refractivity (Wildman–Crippen MR) is 121 cm³/mol. The van der Waals surface area contributed by atoms with Crippen molar-refractivity contribution in [1.82, 2.24) is 20.6 Å². The molecular formula is C19H14LiN5O11S2. The van der Waals surface area contributed by atoms with Gasteiger partial charge in [-0.3, -0.25) is 35.0 Å². The molecule has 16 nitrogen and oxygen atoms in total. The number of carbonyl (C=O) groups excluding carboxylic acids is 3. The van der Waals surface area contributed by atoms with Crippen LogP contribution in [-0.2, 0) is 29.5 Å². The zero-order chi connectivity index (χ0) is 27.3. The van der Waals surface area contributed by atoms with Gasteiger partial charge in [-0.1, -0.05) is 6.07 Å². The number of amides is 4. The summed E-state index contributed by atoms with van der Waals surface area (Å²) in [7, 11) is -8.86.